The van der Waals surface area contributed by atoms with Gasteiger partial charge in [-0.05, 0) is 48.4 Å². The summed E-state index contributed by atoms with van der Waals surface area (Å²) in [4.78, 5) is 12.8. The minimum atomic E-state index is -0.626. The van der Waals surface area contributed by atoms with E-state index in [1.807, 2.05) is 24.3 Å². The number of carbonyl (C=O) groups is 1. The Morgan fingerprint density at radius 1 is 1.12 bits per heavy atom. The molecule has 0 aliphatic heterocycles. The van der Waals surface area contributed by atoms with Crippen LogP contribution in [-0.2, 0) is 11.2 Å². The number of rotatable bonds is 7. The minimum absolute atomic E-state index is 0.243. The number of nitrogens with one attached hydrogen (secondary N) is 1. The molecule has 1 aromatic heterocycles. The lowest BCUT2D eigenvalue weighted by molar-refractivity contribution is -0.117. The molecule has 26 heavy (non-hydrogen) atoms. The molecule has 0 radical (unpaired) electrons. The lowest BCUT2D eigenvalue weighted by atomic mass is 9.97. The number of ether oxygens (including phenoxy) is 2. The second-order valence-electron chi connectivity index (χ2n) is 5.56. The summed E-state index contributed by atoms with van der Waals surface area (Å²) in [6, 6.07) is 14.6. The zero-order valence-electron chi connectivity index (χ0n) is 14.4. The third-order valence-electron chi connectivity index (χ3n) is 3.89. The molecule has 0 saturated heterocycles. The Kier molecular flexibility index (Phi) is 5.43. The van der Waals surface area contributed by atoms with Crippen LogP contribution in [0.25, 0.3) is 0 Å². The second kappa shape index (κ2) is 8.11. The van der Waals surface area contributed by atoms with Gasteiger partial charge >= 0.3 is 0 Å². The zero-order valence-corrected chi connectivity index (χ0v) is 14.4. The van der Waals surface area contributed by atoms with Crippen molar-refractivity contribution >= 4 is 11.6 Å². The molecule has 8 nitrogen and oxygen atoms in total. The molecule has 134 valence electrons. The standard InChI is InChI=1S/C18H19N5O3/c1-25-14-8-6-13(7-9-14)19-18(24)16(17-20-22-23-21-17)11-12-4-3-5-15(10-12)26-2/h3-10,16H,11H2,1-2H3,(H2,19,20,21,22,23,24)/p-1/t16-/m1/s1. The Morgan fingerprint density at radius 2 is 1.88 bits per heavy atom. The quantitative estimate of drug-likeness (QED) is 0.692. The fraction of sp³-hybridized carbons (Fsp3) is 0.222. The maximum atomic E-state index is 12.8. The van der Waals surface area contributed by atoms with E-state index in [4.69, 9.17) is 9.47 Å². The van der Waals surface area contributed by atoms with Gasteiger partial charge in [-0.3, -0.25) is 15.1 Å². The van der Waals surface area contributed by atoms with Crippen molar-refractivity contribution in [2.45, 2.75) is 12.3 Å². The predicted molar refractivity (Wildman–Crippen MR) is 94.2 cm³/mol. The van der Waals surface area contributed by atoms with Crippen LogP contribution in [0.1, 0.15) is 17.3 Å². The summed E-state index contributed by atoms with van der Waals surface area (Å²) in [6.07, 6.45) is 0.395. The van der Waals surface area contributed by atoms with E-state index in [2.05, 4.69) is 25.9 Å². The van der Waals surface area contributed by atoms with Crippen LogP contribution >= 0.6 is 0 Å². The molecule has 2 aromatic carbocycles. The minimum Gasteiger partial charge on any atom is -0.497 e. The van der Waals surface area contributed by atoms with Crippen LogP contribution in [-0.4, -0.2) is 35.7 Å². The van der Waals surface area contributed by atoms with E-state index >= 15 is 0 Å². The summed E-state index contributed by atoms with van der Waals surface area (Å²) >= 11 is 0. The number of tetrazole rings is 1. The maximum Gasteiger partial charge on any atom is 0.232 e. The molecule has 1 amide bonds. The van der Waals surface area contributed by atoms with Crippen LogP contribution in [0, 0.1) is 0 Å². The number of aromatic nitrogens is 4. The highest BCUT2D eigenvalue weighted by Gasteiger charge is 2.21. The Balaban J connectivity index is 1.80. The molecule has 0 unspecified atom stereocenters. The fourth-order valence-electron chi connectivity index (χ4n) is 2.53. The van der Waals surface area contributed by atoms with Crippen LogP contribution < -0.4 is 19.9 Å². The van der Waals surface area contributed by atoms with Crippen molar-refractivity contribution in [3.63, 3.8) is 0 Å². The van der Waals surface area contributed by atoms with Gasteiger partial charge in [0.15, 0.2) is 0 Å². The number of amides is 1. The first-order chi connectivity index (χ1) is 12.7. The summed E-state index contributed by atoms with van der Waals surface area (Å²) in [5.74, 6) is 0.839. The second-order valence-corrected chi connectivity index (χ2v) is 5.56. The largest absolute Gasteiger partial charge is 0.497 e. The zero-order chi connectivity index (χ0) is 18.4. The van der Waals surface area contributed by atoms with Crippen molar-refractivity contribution in [1.82, 2.24) is 20.6 Å². The highest BCUT2D eigenvalue weighted by molar-refractivity contribution is 5.95. The molecule has 1 N–H and O–H groups in total. The van der Waals surface area contributed by atoms with Crippen molar-refractivity contribution in [2.24, 2.45) is 0 Å². The third-order valence-corrected chi connectivity index (χ3v) is 3.89. The van der Waals surface area contributed by atoms with Gasteiger partial charge in [0.2, 0.25) is 5.91 Å². The fourth-order valence-corrected chi connectivity index (χ4v) is 2.53. The van der Waals surface area contributed by atoms with Gasteiger partial charge in [-0.15, -0.1) is 0 Å². The molecular weight excluding hydrogens is 334 g/mol. The summed E-state index contributed by atoms with van der Waals surface area (Å²) in [7, 11) is 3.19. The van der Waals surface area contributed by atoms with Gasteiger partial charge in [0.25, 0.3) is 0 Å². The van der Waals surface area contributed by atoms with Crippen LogP contribution in [0.4, 0.5) is 5.69 Å². The highest BCUT2D eigenvalue weighted by Crippen LogP contribution is 2.23. The number of benzene rings is 2. The lowest BCUT2D eigenvalue weighted by Crippen LogP contribution is -2.24. The van der Waals surface area contributed by atoms with Gasteiger partial charge in [0.1, 0.15) is 11.5 Å². The van der Waals surface area contributed by atoms with Crippen molar-refractivity contribution < 1.29 is 14.3 Å². The molecule has 8 heteroatoms. The molecule has 1 atom stereocenters. The van der Waals surface area contributed by atoms with Crippen LogP contribution in [0.15, 0.2) is 48.5 Å². The van der Waals surface area contributed by atoms with E-state index in [1.54, 1.807) is 38.5 Å². The Hall–Kier alpha value is -3.42. The van der Waals surface area contributed by atoms with E-state index in [0.29, 0.717) is 17.9 Å². The summed E-state index contributed by atoms with van der Waals surface area (Å²) in [6.45, 7) is 0. The molecule has 0 saturated carbocycles. The number of hydrogen-bond donors (Lipinski definition) is 1. The number of anilines is 1. The van der Waals surface area contributed by atoms with Gasteiger partial charge in [0, 0.05) is 11.5 Å². The SMILES string of the molecule is COc1ccc(NC(=O)[C@H](Cc2cccc(OC)c2)c2nnn[n-]2)cc1. The van der Waals surface area contributed by atoms with Crippen molar-refractivity contribution in [3.8, 4) is 11.5 Å². The normalized spacial score (nSPS) is 11.6. The van der Waals surface area contributed by atoms with Crippen LogP contribution in [0.2, 0.25) is 0 Å². The summed E-state index contributed by atoms with van der Waals surface area (Å²) in [5.41, 5.74) is 1.57. The molecule has 3 rings (SSSR count). The van der Waals surface area contributed by atoms with Crippen molar-refractivity contribution in [1.29, 1.82) is 0 Å². The Bertz CT molecular complexity index is 850. The maximum absolute atomic E-state index is 12.8. The Morgan fingerprint density at radius 3 is 2.54 bits per heavy atom. The first-order valence-electron chi connectivity index (χ1n) is 7.96. The van der Waals surface area contributed by atoms with E-state index < -0.39 is 5.92 Å². The number of methoxy groups -OCH3 is 2. The smallest absolute Gasteiger partial charge is 0.232 e. The average molecular weight is 352 g/mol. The number of nitrogens with zero attached hydrogens (tertiary/aromatic N) is 4. The van der Waals surface area contributed by atoms with Gasteiger partial charge < -0.3 is 19.9 Å². The molecule has 0 fully saturated rings. The number of hydrogen-bond acceptors (Lipinski definition) is 6. The first kappa shape index (κ1) is 17.4. The van der Waals surface area contributed by atoms with E-state index in [-0.39, 0.29) is 11.7 Å². The van der Waals surface area contributed by atoms with Crippen molar-refractivity contribution in [3.05, 3.63) is 59.9 Å². The summed E-state index contributed by atoms with van der Waals surface area (Å²) in [5, 5.41) is 17.6. The molecular formula is C18H18N5O3-. The van der Waals surface area contributed by atoms with E-state index in [9.17, 15) is 4.79 Å². The van der Waals surface area contributed by atoms with Gasteiger partial charge in [-0.2, -0.15) is 5.21 Å². The number of carbonyl (C=O) groups excluding carboxylic acids is 1. The molecule has 0 spiro atoms. The van der Waals surface area contributed by atoms with Gasteiger partial charge in [-0.25, -0.2) is 0 Å². The molecule has 3 aromatic rings. The van der Waals surface area contributed by atoms with E-state index in [0.717, 1.165) is 11.3 Å². The first-order valence-corrected chi connectivity index (χ1v) is 7.96. The summed E-state index contributed by atoms with van der Waals surface area (Å²) < 4.78 is 10.4. The third kappa shape index (κ3) is 4.15. The Labute approximate surface area is 150 Å². The van der Waals surface area contributed by atoms with Crippen LogP contribution in [0.3, 0.4) is 0 Å². The molecule has 0 bridgehead atoms. The molecule has 0 aliphatic carbocycles. The average Bonchev–Trinajstić information content (AvgIpc) is 3.21. The van der Waals surface area contributed by atoms with Gasteiger partial charge in [-0.1, -0.05) is 12.1 Å². The molecule has 0 aliphatic rings. The van der Waals surface area contributed by atoms with E-state index in [1.165, 1.54) is 0 Å². The molecule has 1 heterocycles. The monoisotopic (exact) mass is 352 g/mol. The lowest BCUT2D eigenvalue weighted by Gasteiger charge is -2.17. The topological polar surface area (TPSA) is 100 Å². The van der Waals surface area contributed by atoms with Crippen molar-refractivity contribution in [2.75, 3.05) is 19.5 Å². The highest BCUT2D eigenvalue weighted by atomic mass is 16.5. The van der Waals surface area contributed by atoms with Gasteiger partial charge in [0.05, 0.1) is 20.1 Å². The van der Waals surface area contributed by atoms with Crippen LogP contribution in [0.5, 0.6) is 11.5 Å². The predicted octanol–water partition coefficient (Wildman–Crippen LogP) is 1.81.